The molecule has 1 unspecified atom stereocenters. The molecule has 3 rings (SSSR count). The molecule has 0 amide bonds. The SMILES string of the molecule is COC(=O)c1cc(-c2ccc(S(=O)(=O)NC(C)c3ccccc3)cc2)c(C(F)(F)F)s1. The van der Waals surface area contributed by atoms with Crippen LogP contribution in [-0.4, -0.2) is 21.5 Å². The number of halogens is 3. The smallest absolute Gasteiger partial charge is 0.426 e. The maximum atomic E-state index is 13.4. The molecule has 0 aliphatic heterocycles. The van der Waals surface area contributed by atoms with Gasteiger partial charge in [-0.3, -0.25) is 0 Å². The van der Waals surface area contributed by atoms with Gasteiger partial charge in [0, 0.05) is 11.6 Å². The van der Waals surface area contributed by atoms with Crippen LogP contribution in [0, 0.1) is 0 Å². The number of rotatable bonds is 6. The summed E-state index contributed by atoms with van der Waals surface area (Å²) in [5.74, 6) is -0.875. The molecule has 1 atom stereocenters. The van der Waals surface area contributed by atoms with Gasteiger partial charge in [0.1, 0.15) is 9.75 Å². The van der Waals surface area contributed by atoms with Gasteiger partial charge in [0.2, 0.25) is 10.0 Å². The molecule has 0 bridgehead atoms. The van der Waals surface area contributed by atoms with E-state index in [0.29, 0.717) is 0 Å². The molecule has 0 aliphatic carbocycles. The number of esters is 1. The molecule has 10 heteroatoms. The Labute approximate surface area is 181 Å². The Morgan fingerprint density at radius 1 is 1.06 bits per heavy atom. The molecule has 0 fully saturated rings. The molecule has 2 aromatic carbocycles. The van der Waals surface area contributed by atoms with Crippen molar-refractivity contribution in [2.24, 2.45) is 0 Å². The number of methoxy groups -OCH3 is 1. The number of hydrogen-bond acceptors (Lipinski definition) is 5. The highest BCUT2D eigenvalue weighted by atomic mass is 32.2. The fourth-order valence-corrected chi connectivity index (χ4v) is 5.14. The monoisotopic (exact) mass is 469 g/mol. The fraction of sp³-hybridized carbons (Fsp3) is 0.190. The summed E-state index contributed by atoms with van der Waals surface area (Å²) in [6.07, 6.45) is -4.68. The molecule has 0 saturated carbocycles. The Hall–Kier alpha value is -2.69. The number of carbonyl (C=O) groups excluding carboxylic acids is 1. The van der Waals surface area contributed by atoms with Gasteiger partial charge in [-0.15, -0.1) is 11.3 Å². The summed E-state index contributed by atoms with van der Waals surface area (Å²) in [5, 5.41) is 0. The van der Waals surface area contributed by atoms with Gasteiger partial charge < -0.3 is 4.74 Å². The molecular formula is C21H18F3NO4S2. The largest absolute Gasteiger partial charge is 0.465 e. The molecule has 0 saturated heterocycles. The van der Waals surface area contributed by atoms with E-state index in [1.807, 2.05) is 6.07 Å². The lowest BCUT2D eigenvalue weighted by atomic mass is 10.1. The Balaban J connectivity index is 1.91. The van der Waals surface area contributed by atoms with Crippen LogP contribution in [0.4, 0.5) is 13.2 Å². The van der Waals surface area contributed by atoms with Gasteiger partial charge in [-0.05, 0) is 36.2 Å². The molecule has 164 valence electrons. The highest BCUT2D eigenvalue weighted by molar-refractivity contribution is 7.89. The van der Waals surface area contributed by atoms with Crippen LogP contribution in [-0.2, 0) is 20.9 Å². The van der Waals surface area contributed by atoms with E-state index in [9.17, 15) is 26.4 Å². The van der Waals surface area contributed by atoms with E-state index in [-0.39, 0.29) is 32.2 Å². The van der Waals surface area contributed by atoms with Crippen molar-refractivity contribution >= 4 is 27.3 Å². The van der Waals surface area contributed by atoms with Gasteiger partial charge in [-0.2, -0.15) is 13.2 Å². The van der Waals surface area contributed by atoms with Crippen molar-refractivity contribution < 1.29 is 31.1 Å². The molecule has 3 aromatic rings. The normalized spacial score (nSPS) is 13.1. The Kier molecular flexibility index (Phi) is 6.54. The first kappa shape index (κ1) is 23.0. The molecule has 1 aromatic heterocycles. The van der Waals surface area contributed by atoms with Crippen molar-refractivity contribution in [2.75, 3.05) is 7.11 Å². The van der Waals surface area contributed by atoms with Crippen molar-refractivity contribution in [1.82, 2.24) is 4.72 Å². The Morgan fingerprint density at radius 2 is 1.68 bits per heavy atom. The lowest BCUT2D eigenvalue weighted by Crippen LogP contribution is -2.26. The van der Waals surface area contributed by atoms with Crippen molar-refractivity contribution in [3.8, 4) is 11.1 Å². The lowest BCUT2D eigenvalue weighted by Gasteiger charge is -2.15. The molecule has 0 spiro atoms. The summed E-state index contributed by atoms with van der Waals surface area (Å²) >= 11 is 0.280. The maximum absolute atomic E-state index is 13.4. The van der Waals surface area contributed by atoms with E-state index < -0.39 is 33.1 Å². The standard InChI is InChI=1S/C21H18F3NO4S2/c1-13(14-6-4-3-5-7-14)25-31(27,28)16-10-8-15(9-11-16)17-12-18(20(26)29-2)30-19(17)21(22,23)24/h3-13,25H,1-2H3. The minimum Gasteiger partial charge on any atom is -0.465 e. The van der Waals surface area contributed by atoms with Crippen LogP contribution >= 0.6 is 11.3 Å². The van der Waals surface area contributed by atoms with Crippen molar-refractivity contribution in [3.05, 3.63) is 76.0 Å². The molecule has 1 heterocycles. The number of nitrogens with one attached hydrogen (secondary N) is 1. The topological polar surface area (TPSA) is 72.5 Å². The van der Waals surface area contributed by atoms with Crippen LogP contribution in [0.5, 0.6) is 0 Å². The van der Waals surface area contributed by atoms with E-state index in [1.54, 1.807) is 31.2 Å². The minimum absolute atomic E-state index is 0.0870. The third-order valence-electron chi connectivity index (χ3n) is 4.48. The van der Waals surface area contributed by atoms with E-state index in [1.165, 1.54) is 24.3 Å². The van der Waals surface area contributed by atoms with Gasteiger partial charge in [0.25, 0.3) is 0 Å². The molecular weight excluding hydrogens is 451 g/mol. The summed E-state index contributed by atoms with van der Waals surface area (Å²) in [5.41, 5.74) is 0.687. The fourth-order valence-electron chi connectivity index (χ4n) is 2.94. The van der Waals surface area contributed by atoms with Crippen LogP contribution in [0.1, 0.15) is 33.1 Å². The van der Waals surface area contributed by atoms with Crippen molar-refractivity contribution in [2.45, 2.75) is 24.0 Å². The van der Waals surface area contributed by atoms with E-state index >= 15 is 0 Å². The van der Waals surface area contributed by atoms with Crippen molar-refractivity contribution in [3.63, 3.8) is 0 Å². The van der Waals surface area contributed by atoms with Crippen LogP contribution in [0.3, 0.4) is 0 Å². The quantitative estimate of drug-likeness (QED) is 0.500. The third-order valence-corrected chi connectivity index (χ3v) is 7.20. The number of hydrogen-bond donors (Lipinski definition) is 1. The molecule has 0 aliphatic rings. The first-order valence-electron chi connectivity index (χ1n) is 9.00. The van der Waals surface area contributed by atoms with Gasteiger partial charge in [-0.25, -0.2) is 17.9 Å². The summed E-state index contributed by atoms with van der Waals surface area (Å²) in [6, 6.07) is 14.6. The molecule has 31 heavy (non-hydrogen) atoms. The van der Waals surface area contributed by atoms with Crippen LogP contribution in [0.2, 0.25) is 0 Å². The Morgan fingerprint density at radius 3 is 2.23 bits per heavy atom. The minimum atomic E-state index is -4.68. The summed E-state index contributed by atoms with van der Waals surface area (Å²) in [6.45, 7) is 1.69. The number of alkyl halides is 3. The highest BCUT2D eigenvalue weighted by Gasteiger charge is 2.37. The van der Waals surface area contributed by atoms with E-state index in [0.717, 1.165) is 18.7 Å². The number of sulfonamides is 1. The average Bonchev–Trinajstić information content (AvgIpc) is 3.20. The van der Waals surface area contributed by atoms with Crippen LogP contribution in [0.25, 0.3) is 11.1 Å². The van der Waals surface area contributed by atoms with Crippen LogP contribution in [0.15, 0.2) is 65.6 Å². The number of carbonyl (C=O) groups is 1. The number of thiophene rings is 1. The van der Waals surface area contributed by atoms with Gasteiger partial charge >= 0.3 is 12.1 Å². The second-order valence-corrected chi connectivity index (χ2v) is 9.39. The second kappa shape index (κ2) is 8.81. The first-order valence-corrected chi connectivity index (χ1v) is 11.3. The first-order chi connectivity index (χ1) is 14.5. The zero-order valence-electron chi connectivity index (χ0n) is 16.4. The van der Waals surface area contributed by atoms with E-state index in [4.69, 9.17) is 0 Å². The molecule has 0 radical (unpaired) electrons. The molecule has 1 N–H and O–H groups in total. The second-order valence-electron chi connectivity index (χ2n) is 6.62. The number of ether oxygens (including phenoxy) is 1. The summed E-state index contributed by atoms with van der Waals surface area (Å²) in [7, 11) is -2.82. The summed E-state index contributed by atoms with van der Waals surface area (Å²) in [4.78, 5) is 10.4. The van der Waals surface area contributed by atoms with Gasteiger partial charge in [-0.1, -0.05) is 42.5 Å². The highest BCUT2D eigenvalue weighted by Crippen LogP contribution is 2.43. The Bertz CT molecular complexity index is 1170. The van der Waals surface area contributed by atoms with E-state index in [2.05, 4.69) is 9.46 Å². The third kappa shape index (κ3) is 5.15. The maximum Gasteiger partial charge on any atom is 0.426 e. The van der Waals surface area contributed by atoms with Crippen molar-refractivity contribution in [1.29, 1.82) is 0 Å². The van der Waals surface area contributed by atoms with Gasteiger partial charge in [0.15, 0.2) is 0 Å². The predicted octanol–water partition coefficient (Wildman–Crippen LogP) is 5.26. The van der Waals surface area contributed by atoms with Gasteiger partial charge in [0.05, 0.1) is 12.0 Å². The predicted molar refractivity (Wildman–Crippen MR) is 111 cm³/mol. The zero-order chi connectivity index (χ0) is 22.8. The zero-order valence-corrected chi connectivity index (χ0v) is 18.1. The molecule has 5 nitrogen and oxygen atoms in total. The summed E-state index contributed by atoms with van der Waals surface area (Å²) < 4.78 is 72.7. The van der Waals surface area contributed by atoms with Crippen LogP contribution < -0.4 is 4.72 Å². The number of benzene rings is 2. The average molecular weight is 470 g/mol. The lowest BCUT2D eigenvalue weighted by molar-refractivity contribution is -0.133.